The van der Waals surface area contributed by atoms with Gasteiger partial charge in [-0.05, 0) is 43.7 Å². The maximum absolute atomic E-state index is 12.7. The zero-order valence-electron chi connectivity index (χ0n) is 16.2. The first kappa shape index (κ1) is 20.9. The lowest BCUT2D eigenvalue weighted by Gasteiger charge is -2.19. The highest BCUT2D eigenvalue weighted by Gasteiger charge is 2.22. The van der Waals surface area contributed by atoms with Crippen LogP contribution in [0.1, 0.15) is 25.0 Å². The van der Waals surface area contributed by atoms with Gasteiger partial charge in [-0.25, -0.2) is 8.42 Å². The smallest absolute Gasteiger partial charge is 0.243 e. The molecule has 0 spiro atoms. The topological polar surface area (TPSA) is 78.5 Å². The van der Waals surface area contributed by atoms with Crippen LogP contribution in [0, 0.1) is 13.8 Å². The average molecular weight is 390 g/mol. The lowest BCUT2D eigenvalue weighted by Crippen LogP contribution is -2.30. The summed E-state index contributed by atoms with van der Waals surface area (Å²) in [5, 5.41) is 5.85. The predicted molar refractivity (Wildman–Crippen MR) is 110 cm³/mol. The van der Waals surface area contributed by atoms with E-state index >= 15 is 0 Å². The third kappa shape index (κ3) is 5.30. The van der Waals surface area contributed by atoms with Gasteiger partial charge in [-0.2, -0.15) is 4.31 Å². The zero-order valence-corrected chi connectivity index (χ0v) is 17.1. The van der Waals surface area contributed by atoms with Crippen LogP contribution in [0.3, 0.4) is 0 Å². The molecule has 0 saturated heterocycles. The van der Waals surface area contributed by atoms with Crippen molar-refractivity contribution in [2.45, 2.75) is 32.6 Å². The zero-order chi connectivity index (χ0) is 20.0. The van der Waals surface area contributed by atoms with Crippen LogP contribution in [0.15, 0.2) is 47.4 Å². The molecule has 0 atom stereocenters. The van der Waals surface area contributed by atoms with Gasteiger partial charge in [0.15, 0.2) is 0 Å². The highest BCUT2D eigenvalue weighted by molar-refractivity contribution is 7.89. The molecule has 146 valence electrons. The van der Waals surface area contributed by atoms with E-state index in [9.17, 15) is 13.2 Å². The van der Waals surface area contributed by atoms with Crippen molar-refractivity contribution < 1.29 is 13.2 Å². The Labute approximate surface area is 161 Å². The Morgan fingerprint density at radius 1 is 1.00 bits per heavy atom. The molecule has 2 rings (SSSR count). The third-order valence-electron chi connectivity index (χ3n) is 4.33. The minimum atomic E-state index is -3.54. The van der Waals surface area contributed by atoms with Gasteiger partial charge >= 0.3 is 0 Å². The second kappa shape index (κ2) is 9.01. The number of rotatable bonds is 8. The van der Waals surface area contributed by atoms with Crippen LogP contribution in [0.5, 0.6) is 0 Å². The average Bonchev–Trinajstić information content (AvgIpc) is 2.63. The molecule has 0 aromatic heterocycles. The van der Waals surface area contributed by atoms with Crippen molar-refractivity contribution in [3.05, 3.63) is 53.6 Å². The number of benzene rings is 2. The molecular formula is C20H27N3O3S. The molecular weight excluding hydrogens is 362 g/mol. The van der Waals surface area contributed by atoms with Crippen LogP contribution in [-0.2, 0) is 14.8 Å². The van der Waals surface area contributed by atoms with E-state index in [0.717, 1.165) is 16.8 Å². The summed E-state index contributed by atoms with van der Waals surface area (Å²) in [6.07, 6.45) is 0. The molecule has 27 heavy (non-hydrogen) atoms. The molecule has 0 aliphatic rings. The molecule has 1 amide bonds. The minimum Gasteiger partial charge on any atom is -0.376 e. The Hall–Kier alpha value is -2.38. The summed E-state index contributed by atoms with van der Waals surface area (Å²) in [7, 11) is -3.54. The third-order valence-corrected chi connectivity index (χ3v) is 6.37. The van der Waals surface area contributed by atoms with Gasteiger partial charge < -0.3 is 10.6 Å². The summed E-state index contributed by atoms with van der Waals surface area (Å²) in [5.74, 6) is -0.199. The highest BCUT2D eigenvalue weighted by Crippen LogP contribution is 2.23. The van der Waals surface area contributed by atoms with E-state index in [-0.39, 0.29) is 17.3 Å². The van der Waals surface area contributed by atoms with Crippen LogP contribution in [0.2, 0.25) is 0 Å². The van der Waals surface area contributed by atoms with Crippen LogP contribution >= 0.6 is 0 Å². The van der Waals surface area contributed by atoms with Crippen molar-refractivity contribution in [2.75, 3.05) is 30.3 Å². The van der Waals surface area contributed by atoms with Gasteiger partial charge in [0.25, 0.3) is 0 Å². The minimum absolute atomic E-state index is 0.0451. The largest absolute Gasteiger partial charge is 0.376 e. The quantitative estimate of drug-likeness (QED) is 0.725. The normalized spacial score (nSPS) is 11.4. The maximum atomic E-state index is 12.7. The molecule has 2 N–H and O–H groups in total. The van der Waals surface area contributed by atoms with Crippen molar-refractivity contribution in [1.82, 2.24) is 4.31 Å². The fraction of sp³-hybridized carbons (Fsp3) is 0.350. The Morgan fingerprint density at radius 2 is 1.63 bits per heavy atom. The maximum Gasteiger partial charge on any atom is 0.243 e. The number of anilines is 2. The number of hydrogen-bond acceptors (Lipinski definition) is 4. The highest BCUT2D eigenvalue weighted by atomic mass is 32.2. The van der Waals surface area contributed by atoms with Gasteiger partial charge in [0.1, 0.15) is 0 Å². The van der Waals surface area contributed by atoms with Crippen LogP contribution in [-0.4, -0.2) is 38.3 Å². The van der Waals surface area contributed by atoms with E-state index in [1.165, 1.54) is 4.31 Å². The van der Waals surface area contributed by atoms with Crippen molar-refractivity contribution in [3.8, 4) is 0 Å². The second-order valence-electron chi connectivity index (χ2n) is 6.33. The lowest BCUT2D eigenvalue weighted by molar-refractivity contribution is -0.114. The molecule has 2 aromatic carbocycles. The van der Waals surface area contributed by atoms with Crippen molar-refractivity contribution in [1.29, 1.82) is 0 Å². The Bertz CT molecular complexity index is 889. The number of amides is 1. The van der Waals surface area contributed by atoms with Crippen molar-refractivity contribution in [2.24, 2.45) is 0 Å². The van der Waals surface area contributed by atoms with E-state index in [1.54, 1.807) is 18.2 Å². The van der Waals surface area contributed by atoms with E-state index in [2.05, 4.69) is 10.6 Å². The summed E-state index contributed by atoms with van der Waals surface area (Å²) in [4.78, 5) is 12.4. The van der Waals surface area contributed by atoms with Gasteiger partial charge in [-0.3, -0.25) is 4.79 Å². The summed E-state index contributed by atoms with van der Waals surface area (Å²) < 4.78 is 26.8. The van der Waals surface area contributed by atoms with E-state index in [4.69, 9.17) is 0 Å². The molecule has 0 aliphatic carbocycles. The number of nitrogens with one attached hydrogen (secondary N) is 2. The molecule has 0 bridgehead atoms. The van der Waals surface area contributed by atoms with E-state index in [0.29, 0.717) is 18.8 Å². The number of hydrogen-bond donors (Lipinski definition) is 2. The Balaban J connectivity index is 2.10. The number of carbonyl (C=O) groups excluding carboxylic acids is 1. The fourth-order valence-electron chi connectivity index (χ4n) is 2.68. The SMILES string of the molecule is CCN(CC)S(=O)(=O)c1ccc(C)c(NCC(=O)Nc2ccc(C)cc2)c1. The molecule has 0 saturated carbocycles. The molecule has 6 nitrogen and oxygen atoms in total. The van der Waals surface area contributed by atoms with Gasteiger partial charge in [-0.1, -0.05) is 37.6 Å². The number of nitrogens with zero attached hydrogens (tertiary/aromatic N) is 1. The van der Waals surface area contributed by atoms with Crippen molar-refractivity contribution in [3.63, 3.8) is 0 Å². The second-order valence-corrected chi connectivity index (χ2v) is 8.27. The molecule has 7 heteroatoms. The monoisotopic (exact) mass is 389 g/mol. The summed E-state index contributed by atoms with van der Waals surface area (Å²) in [6, 6.07) is 12.5. The lowest BCUT2D eigenvalue weighted by atomic mass is 10.2. The number of aryl methyl sites for hydroxylation is 2. The molecule has 0 unspecified atom stereocenters. The first-order valence-corrected chi connectivity index (χ1v) is 10.4. The molecule has 0 fully saturated rings. The first-order chi connectivity index (χ1) is 12.8. The number of carbonyl (C=O) groups is 1. The van der Waals surface area contributed by atoms with Crippen LogP contribution in [0.25, 0.3) is 0 Å². The van der Waals surface area contributed by atoms with Gasteiger partial charge in [0, 0.05) is 24.5 Å². The Kier molecular flexibility index (Phi) is 6.98. The van der Waals surface area contributed by atoms with E-state index in [1.807, 2.05) is 52.0 Å². The molecule has 2 aromatic rings. The first-order valence-electron chi connectivity index (χ1n) is 8.99. The fourth-order valence-corrected chi connectivity index (χ4v) is 4.17. The predicted octanol–water partition coefficient (Wildman–Crippen LogP) is 3.38. The summed E-state index contributed by atoms with van der Waals surface area (Å²) >= 11 is 0. The van der Waals surface area contributed by atoms with Gasteiger partial charge in [-0.15, -0.1) is 0 Å². The number of sulfonamides is 1. The van der Waals surface area contributed by atoms with Gasteiger partial charge in [0.2, 0.25) is 15.9 Å². The van der Waals surface area contributed by atoms with Gasteiger partial charge in [0.05, 0.1) is 11.4 Å². The molecule has 0 radical (unpaired) electrons. The molecule has 0 aliphatic heterocycles. The van der Waals surface area contributed by atoms with Crippen LogP contribution < -0.4 is 10.6 Å². The summed E-state index contributed by atoms with van der Waals surface area (Å²) in [5.41, 5.74) is 3.34. The Morgan fingerprint density at radius 3 is 2.22 bits per heavy atom. The summed E-state index contributed by atoms with van der Waals surface area (Å²) in [6.45, 7) is 8.34. The van der Waals surface area contributed by atoms with Crippen LogP contribution in [0.4, 0.5) is 11.4 Å². The molecule has 0 heterocycles. The van der Waals surface area contributed by atoms with E-state index < -0.39 is 10.0 Å². The standard InChI is InChI=1S/C20H27N3O3S/c1-5-23(6-2)27(25,26)18-12-9-16(4)19(13-18)21-14-20(24)22-17-10-7-15(3)8-11-17/h7-13,21H,5-6,14H2,1-4H3,(H,22,24). The van der Waals surface area contributed by atoms with Crippen molar-refractivity contribution >= 4 is 27.3 Å².